The molecule has 1 N–H and O–H groups in total. The normalized spacial score (nSPS) is 15.5. The van der Waals surface area contributed by atoms with Crippen molar-refractivity contribution in [3.8, 4) is 17.0 Å². The third-order valence-electron chi connectivity index (χ3n) is 4.21. The van der Waals surface area contributed by atoms with Crippen LogP contribution in [0.3, 0.4) is 0 Å². The SMILES string of the molecule is Cc1ncoc1C(=O)NC[C@@H]1Cc2cccc(-c3ccccn3)c2O1. The van der Waals surface area contributed by atoms with E-state index in [0.29, 0.717) is 12.2 Å². The molecule has 0 unspecified atom stereocenters. The van der Waals surface area contributed by atoms with E-state index in [1.54, 1.807) is 13.1 Å². The van der Waals surface area contributed by atoms with Crippen molar-refractivity contribution in [1.82, 2.24) is 15.3 Å². The van der Waals surface area contributed by atoms with Crippen molar-refractivity contribution in [2.75, 3.05) is 6.54 Å². The van der Waals surface area contributed by atoms with Crippen LogP contribution in [-0.4, -0.2) is 28.5 Å². The first-order chi connectivity index (χ1) is 12.2. The lowest BCUT2D eigenvalue weighted by Gasteiger charge is -2.13. The molecule has 126 valence electrons. The van der Waals surface area contributed by atoms with E-state index in [9.17, 15) is 4.79 Å². The van der Waals surface area contributed by atoms with Crippen molar-refractivity contribution in [2.24, 2.45) is 0 Å². The highest BCUT2D eigenvalue weighted by molar-refractivity contribution is 5.92. The molecule has 0 spiro atoms. The Morgan fingerprint density at radius 1 is 1.24 bits per heavy atom. The van der Waals surface area contributed by atoms with Gasteiger partial charge >= 0.3 is 0 Å². The lowest BCUT2D eigenvalue weighted by atomic mass is 10.0. The molecular formula is C19H17N3O3. The number of carbonyl (C=O) groups is 1. The van der Waals surface area contributed by atoms with Gasteiger partial charge in [-0.05, 0) is 30.7 Å². The van der Waals surface area contributed by atoms with E-state index >= 15 is 0 Å². The number of nitrogens with zero attached hydrogens (tertiary/aromatic N) is 2. The number of aromatic nitrogens is 2. The van der Waals surface area contributed by atoms with E-state index < -0.39 is 0 Å². The van der Waals surface area contributed by atoms with Crippen molar-refractivity contribution in [1.29, 1.82) is 0 Å². The number of oxazole rings is 1. The fourth-order valence-electron chi connectivity index (χ4n) is 2.98. The van der Waals surface area contributed by atoms with Gasteiger partial charge in [0.1, 0.15) is 11.9 Å². The first kappa shape index (κ1) is 15.4. The van der Waals surface area contributed by atoms with Crippen molar-refractivity contribution in [3.63, 3.8) is 0 Å². The number of nitrogens with one attached hydrogen (secondary N) is 1. The summed E-state index contributed by atoms with van der Waals surface area (Å²) in [5.41, 5.74) is 3.54. The van der Waals surface area contributed by atoms with Gasteiger partial charge in [-0.15, -0.1) is 0 Å². The van der Waals surface area contributed by atoms with Gasteiger partial charge in [-0.3, -0.25) is 9.78 Å². The molecule has 1 aliphatic rings. The zero-order chi connectivity index (χ0) is 17.2. The predicted molar refractivity (Wildman–Crippen MR) is 91.4 cm³/mol. The molecule has 6 heteroatoms. The van der Waals surface area contributed by atoms with Gasteiger partial charge in [0.05, 0.1) is 17.9 Å². The summed E-state index contributed by atoms with van der Waals surface area (Å²) in [5, 5.41) is 2.85. The molecule has 0 bridgehead atoms. The highest BCUT2D eigenvalue weighted by atomic mass is 16.5. The van der Waals surface area contributed by atoms with Crippen LogP contribution in [0.25, 0.3) is 11.3 Å². The van der Waals surface area contributed by atoms with Crippen molar-refractivity contribution < 1.29 is 13.9 Å². The number of carbonyl (C=O) groups excluding carboxylic acids is 1. The van der Waals surface area contributed by atoms with Crippen LogP contribution in [0.5, 0.6) is 5.75 Å². The van der Waals surface area contributed by atoms with Gasteiger partial charge in [-0.1, -0.05) is 18.2 Å². The molecule has 0 aliphatic carbocycles. The van der Waals surface area contributed by atoms with Crippen LogP contribution in [0.15, 0.2) is 53.4 Å². The average molecular weight is 335 g/mol. The Balaban J connectivity index is 1.47. The fraction of sp³-hybridized carbons (Fsp3) is 0.211. The molecule has 6 nitrogen and oxygen atoms in total. The highest BCUT2D eigenvalue weighted by Crippen LogP contribution is 2.37. The highest BCUT2D eigenvalue weighted by Gasteiger charge is 2.27. The Labute approximate surface area is 144 Å². The lowest BCUT2D eigenvalue weighted by Crippen LogP contribution is -2.34. The molecule has 0 fully saturated rings. The van der Waals surface area contributed by atoms with E-state index in [0.717, 1.165) is 29.0 Å². The second-order valence-corrected chi connectivity index (χ2v) is 5.93. The zero-order valence-electron chi connectivity index (χ0n) is 13.7. The second-order valence-electron chi connectivity index (χ2n) is 5.93. The number of pyridine rings is 1. The van der Waals surface area contributed by atoms with Crippen LogP contribution in [0, 0.1) is 6.92 Å². The molecule has 1 atom stereocenters. The van der Waals surface area contributed by atoms with Crippen LogP contribution in [0.1, 0.15) is 21.8 Å². The van der Waals surface area contributed by atoms with Gasteiger partial charge < -0.3 is 14.5 Å². The number of fused-ring (bicyclic) bond motifs is 1. The van der Waals surface area contributed by atoms with Crippen LogP contribution < -0.4 is 10.1 Å². The van der Waals surface area contributed by atoms with E-state index in [4.69, 9.17) is 9.15 Å². The van der Waals surface area contributed by atoms with Gasteiger partial charge in [0.2, 0.25) is 5.76 Å². The van der Waals surface area contributed by atoms with E-state index in [1.165, 1.54) is 6.39 Å². The average Bonchev–Trinajstić information content (AvgIpc) is 3.25. The number of ether oxygens (including phenoxy) is 1. The third-order valence-corrected chi connectivity index (χ3v) is 4.21. The standard InChI is InChI=1S/C19H17N3O3/c1-12-17(24-11-22-12)19(23)21-10-14-9-13-5-4-6-15(18(13)25-14)16-7-2-3-8-20-16/h2-8,11,14H,9-10H2,1H3,(H,21,23)/t14-/m0/s1. The summed E-state index contributed by atoms with van der Waals surface area (Å²) in [5.74, 6) is 0.806. The van der Waals surface area contributed by atoms with Crippen LogP contribution in [0.2, 0.25) is 0 Å². The van der Waals surface area contributed by atoms with Crippen molar-refractivity contribution >= 4 is 5.91 Å². The number of rotatable bonds is 4. The minimum atomic E-state index is -0.278. The van der Waals surface area contributed by atoms with Gasteiger partial charge in [0.25, 0.3) is 5.91 Å². The van der Waals surface area contributed by atoms with Gasteiger partial charge in [-0.2, -0.15) is 0 Å². The molecule has 3 heterocycles. The molecule has 1 aromatic carbocycles. The molecule has 0 saturated carbocycles. The topological polar surface area (TPSA) is 77.3 Å². The van der Waals surface area contributed by atoms with Crippen molar-refractivity contribution in [3.05, 3.63) is 66.0 Å². The third kappa shape index (κ3) is 2.98. The maximum Gasteiger partial charge on any atom is 0.289 e. The molecule has 2 aromatic heterocycles. The van der Waals surface area contributed by atoms with Crippen molar-refractivity contribution in [2.45, 2.75) is 19.4 Å². The quantitative estimate of drug-likeness (QED) is 0.793. The monoisotopic (exact) mass is 335 g/mol. The summed E-state index contributed by atoms with van der Waals surface area (Å²) in [6.45, 7) is 2.13. The van der Waals surface area contributed by atoms with Crippen LogP contribution >= 0.6 is 0 Å². The first-order valence-electron chi connectivity index (χ1n) is 8.10. The summed E-state index contributed by atoms with van der Waals surface area (Å²) in [7, 11) is 0. The largest absolute Gasteiger partial charge is 0.487 e. The molecule has 3 aromatic rings. The van der Waals surface area contributed by atoms with Gasteiger partial charge in [0.15, 0.2) is 6.39 Å². The maximum absolute atomic E-state index is 12.1. The van der Waals surface area contributed by atoms with E-state index in [-0.39, 0.29) is 17.8 Å². The van der Waals surface area contributed by atoms with Crippen LogP contribution in [-0.2, 0) is 6.42 Å². The molecular weight excluding hydrogens is 318 g/mol. The molecule has 1 aliphatic heterocycles. The fourth-order valence-corrected chi connectivity index (χ4v) is 2.98. The summed E-state index contributed by atoms with van der Waals surface area (Å²) < 4.78 is 11.2. The predicted octanol–water partition coefficient (Wildman–Crippen LogP) is 2.78. The summed E-state index contributed by atoms with van der Waals surface area (Å²) in [6, 6.07) is 11.8. The van der Waals surface area contributed by atoms with Crippen LogP contribution in [0.4, 0.5) is 0 Å². The van der Waals surface area contributed by atoms with Gasteiger partial charge in [-0.25, -0.2) is 4.98 Å². The molecule has 0 saturated heterocycles. The zero-order valence-corrected chi connectivity index (χ0v) is 13.7. The Kier molecular flexibility index (Phi) is 3.93. The minimum absolute atomic E-state index is 0.118. The Morgan fingerprint density at radius 3 is 2.92 bits per heavy atom. The Hall–Kier alpha value is -3.15. The van der Waals surface area contributed by atoms with Gasteiger partial charge in [0, 0.05) is 18.2 Å². The molecule has 4 rings (SSSR count). The Bertz CT molecular complexity index is 905. The number of benzene rings is 1. The minimum Gasteiger partial charge on any atom is -0.487 e. The summed E-state index contributed by atoms with van der Waals surface area (Å²) in [4.78, 5) is 20.5. The summed E-state index contributed by atoms with van der Waals surface area (Å²) >= 11 is 0. The molecule has 25 heavy (non-hydrogen) atoms. The second kappa shape index (κ2) is 6.39. The molecule has 0 radical (unpaired) electrons. The number of aryl methyl sites for hydroxylation is 1. The number of amides is 1. The van der Waals surface area contributed by atoms with E-state index in [1.807, 2.05) is 36.4 Å². The summed E-state index contributed by atoms with van der Waals surface area (Å²) in [6.07, 6.45) is 3.66. The lowest BCUT2D eigenvalue weighted by molar-refractivity contribution is 0.0905. The number of hydrogen-bond donors (Lipinski definition) is 1. The molecule has 1 amide bonds. The first-order valence-corrected chi connectivity index (χ1v) is 8.10. The van der Waals surface area contributed by atoms with E-state index in [2.05, 4.69) is 15.3 Å². The smallest absolute Gasteiger partial charge is 0.289 e. The number of hydrogen-bond acceptors (Lipinski definition) is 5. The maximum atomic E-state index is 12.1. The number of para-hydroxylation sites is 1. The Morgan fingerprint density at radius 2 is 2.16 bits per heavy atom.